The Hall–Kier alpha value is -0.570. The Kier molecular flexibility index (Phi) is 3.29. The molecule has 1 saturated carbocycles. The lowest BCUT2D eigenvalue weighted by molar-refractivity contribution is -0.146. The Balaban J connectivity index is 1.93. The largest absolute Gasteiger partial charge is 0.469 e. The summed E-state index contributed by atoms with van der Waals surface area (Å²) in [4.78, 5) is 14.0. The van der Waals surface area contributed by atoms with Crippen LogP contribution in [0.5, 0.6) is 0 Å². The number of esters is 1. The second kappa shape index (κ2) is 4.52. The fourth-order valence-electron chi connectivity index (χ4n) is 3.03. The molecule has 2 aliphatic rings. The van der Waals surface area contributed by atoms with Crippen LogP contribution in [0.3, 0.4) is 0 Å². The first-order chi connectivity index (χ1) is 7.22. The van der Waals surface area contributed by atoms with Crippen molar-refractivity contribution in [3.05, 3.63) is 0 Å². The van der Waals surface area contributed by atoms with Crippen molar-refractivity contribution in [3.63, 3.8) is 0 Å². The molecule has 2 fully saturated rings. The Morgan fingerprint density at radius 2 is 1.93 bits per heavy atom. The van der Waals surface area contributed by atoms with E-state index in [2.05, 4.69) is 11.8 Å². The summed E-state index contributed by atoms with van der Waals surface area (Å²) in [6, 6.07) is 0.738. The zero-order valence-electron chi connectivity index (χ0n) is 9.74. The number of hydrogen-bond acceptors (Lipinski definition) is 3. The van der Waals surface area contributed by atoms with Crippen LogP contribution < -0.4 is 0 Å². The van der Waals surface area contributed by atoms with Gasteiger partial charge in [0, 0.05) is 19.1 Å². The van der Waals surface area contributed by atoms with E-state index in [1.54, 1.807) is 0 Å². The van der Waals surface area contributed by atoms with E-state index in [0.717, 1.165) is 19.1 Å². The summed E-state index contributed by atoms with van der Waals surface area (Å²) in [5.74, 6) is 0.539. The maximum absolute atomic E-state index is 11.5. The molecule has 0 aromatic carbocycles. The van der Waals surface area contributed by atoms with E-state index < -0.39 is 0 Å². The molecule has 3 heteroatoms. The summed E-state index contributed by atoms with van der Waals surface area (Å²) < 4.78 is 4.85. The van der Waals surface area contributed by atoms with Crippen molar-refractivity contribution < 1.29 is 9.53 Å². The molecule has 3 nitrogen and oxygen atoms in total. The molecule has 1 aliphatic heterocycles. The molecule has 0 N–H and O–H groups in total. The molecule has 2 unspecified atom stereocenters. The highest BCUT2D eigenvalue weighted by Crippen LogP contribution is 2.31. The van der Waals surface area contributed by atoms with Crippen molar-refractivity contribution in [1.29, 1.82) is 0 Å². The molecule has 2 rings (SSSR count). The molecule has 15 heavy (non-hydrogen) atoms. The predicted molar refractivity (Wildman–Crippen MR) is 58.5 cm³/mol. The lowest BCUT2D eigenvalue weighted by Crippen LogP contribution is -2.32. The zero-order valence-corrected chi connectivity index (χ0v) is 9.74. The van der Waals surface area contributed by atoms with Crippen molar-refractivity contribution in [2.45, 2.75) is 38.6 Å². The lowest BCUT2D eigenvalue weighted by Gasteiger charge is -2.23. The Morgan fingerprint density at radius 3 is 2.53 bits per heavy atom. The zero-order chi connectivity index (χ0) is 10.8. The summed E-state index contributed by atoms with van der Waals surface area (Å²) in [6.07, 6.45) is 5.36. The summed E-state index contributed by atoms with van der Waals surface area (Å²) >= 11 is 0. The smallest absolute Gasteiger partial charge is 0.310 e. The minimum atomic E-state index is -0.0250. The van der Waals surface area contributed by atoms with Crippen LogP contribution in [0, 0.1) is 11.8 Å². The molecule has 0 aromatic rings. The summed E-state index contributed by atoms with van der Waals surface area (Å²) in [7, 11) is 1.49. The van der Waals surface area contributed by atoms with Crippen LogP contribution in [0.15, 0.2) is 0 Å². The number of ether oxygens (including phenoxy) is 1. The Labute approximate surface area is 91.8 Å². The number of likely N-dealkylation sites (tertiary alicyclic amines) is 1. The van der Waals surface area contributed by atoms with Crippen molar-refractivity contribution in [2.24, 2.45) is 11.8 Å². The molecular formula is C12H21NO2. The second-order valence-corrected chi connectivity index (χ2v) is 5.00. The van der Waals surface area contributed by atoms with Gasteiger partial charge in [-0.25, -0.2) is 0 Å². The fourth-order valence-corrected chi connectivity index (χ4v) is 3.03. The Morgan fingerprint density at radius 1 is 1.27 bits per heavy atom. The molecular weight excluding hydrogens is 190 g/mol. The van der Waals surface area contributed by atoms with Gasteiger partial charge >= 0.3 is 5.97 Å². The third kappa shape index (κ3) is 2.17. The fraction of sp³-hybridized carbons (Fsp3) is 0.917. The number of carbonyl (C=O) groups is 1. The van der Waals surface area contributed by atoms with Gasteiger partial charge in [0.05, 0.1) is 13.0 Å². The molecule has 0 amide bonds. The van der Waals surface area contributed by atoms with Crippen LogP contribution in [-0.4, -0.2) is 37.1 Å². The van der Waals surface area contributed by atoms with Crippen LogP contribution in [0.25, 0.3) is 0 Å². The standard InChI is InChI=1S/C12H21NO2/c1-9-7-13(10-5-3-4-6-10)8-11(9)12(14)15-2/h9-11H,3-8H2,1-2H3. The van der Waals surface area contributed by atoms with Gasteiger partial charge in [-0.05, 0) is 18.8 Å². The number of carbonyl (C=O) groups excluding carboxylic acids is 1. The minimum absolute atomic E-state index is 0.0250. The number of methoxy groups -OCH3 is 1. The second-order valence-electron chi connectivity index (χ2n) is 5.00. The van der Waals surface area contributed by atoms with Crippen LogP contribution in [-0.2, 0) is 9.53 Å². The van der Waals surface area contributed by atoms with Gasteiger partial charge in [0.25, 0.3) is 0 Å². The summed E-state index contributed by atoms with van der Waals surface area (Å²) in [5.41, 5.74) is 0. The maximum atomic E-state index is 11.5. The van der Waals surface area contributed by atoms with Crippen LogP contribution in [0.1, 0.15) is 32.6 Å². The molecule has 1 aliphatic carbocycles. The van der Waals surface area contributed by atoms with Gasteiger partial charge in [-0.2, -0.15) is 0 Å². The van der Waals surface area contributed by atoms with Gasteiger partial charge in [-0.3, -0.25) is 9.69 Å². The first-order valence-electron chi connectivity index (χ1n) is 6.04. The van der Waals surface area contributed by atoms with E-state index >= 15 is 0 Å². The minimum Gasteiger partial charge on any atom is -0.469 e. The first-order valence-corrected chi connectivity index (χ1v) is 6.04. The topological polar surface area (TPSA) is 29.5 Å². The highest BCUT2D eigenvalue weighted by molar-refractivity contribution is 5.73. The summed E-state index contributed by atoms with van der Waals surface area (Å²) in [6.45, 7) is 4.15. The maximum Gasteiger partial charge on any atom is 0.310 e. The van der Waals surface area contributed by atoms with Crippen LogP contribution in [0.2, 0.25) is 0 Å². The van der Waals surface area contributed by atoms with Gasteiger partial charge in [-0.15, -0.1) is 0 Å². The Bertz CT molecular complexity index is 236. The average Bonchev–Trinajstić information content (AvgIpc) is 2.84. The van der Waals surface area contributed by atoms with Crippen LogP contribution >= 0.6 is 0 Å². The van der Waals surface area contributed by atoms with E-state index in [1.807, 2.05) is 0 Å². The van der Waals surface area contributed by atoms with E-state index in [-0.39, 0.29) is 11.9 Å². The normalized spacial score (nSPS) is 33.5. The van der Waals surface area contributed by atoms with Gasteiger partial charge in [-0.1, -0.05) is 19.8 Å². The molecule has 2 atom stereocenters. The molecule has 0 aromatic heterocycles. The van der Waals surface area contributed by atoms with Crippen LogP contribution in [0.4, 0.5) is 0 Å². The van der Waals surface area contributed by atoms with E-state index in [0.29, 0.717) is 5.92 Å². The van der Waals surface area contributed by atoms with Gasteiger partial charge in [0.2, 0.25) is 0 Å². The van der Waals surface area contributed by atoms with Gasteiger partial charge in [0.1, 0.15) is 0 Å². The van der Waals surface area contributed by atoms with Crippen molar-refractivity contribution in [3.8, 4) is 0 Å². The van der Waals surface area contributed by atoms with E-state index in [9.17, 15) is 4.79 Å². The monoisotopic (exact) mass is 211 g/mol. The molecule has 1 heterocycles. The van der Waals surface area contributed by atoms with Crippen molar-refractivity contribution >= 4 is 5.97 Å². The summed E-state index contributed by atoms with van der Waals surface area (Å²) in [5, 5.41) is 0. The van der Waals surface area contributed by atoms with Crippen molar-refractivity contribution in [2.75, 3.05) is 20.2 Å². The molecule has 0 bridgehead atoms. The highest BCUT2D eigenvalue weighted by atomic mass is 16.5. The lowest BCUT2D eigenvalue weighted by atomic mass is 9.99. The molecule has 86 valence electrons. The SMILES string of the molecule is COC(=O)C1CN(C2CCCC2)CC1C. The third-order valence-corrected chi connectivity index (χ3v) is 3.99. The van der Waals surface area contributed by atoms with E-state index in [1.165, 1.54) is 32.8 Å². The highest BCUT2D eigenvalue weighted by Gasteiger charge is 2.38. The van der Waals surface area contributed by atoms with E-state index in [4.69, 9.17) is 4.74 Å². The predicted octanol–water partition coefficient (Wildman–Crippen LogP) is 1.67. The number of hydrogen-bond donors (Lipinski definition) is 0. The van der Waals surface area contributed by atoms with Crippen molar-refractivity contribution in [1.82, 2.24) is 4.90 Å². The average molecular weight is 211 g/mol. The first kappa shape index (κ1) is 10.9. The number of rotatable bonds is 2. The molecule has 1 saturated heterocycles. The van der Waals surface area contributed by atoms with Gasteiger partial charge in [0.15, 0.2) is 0 Å². The quantitative estimate of drug-likeness (QED) is 0.651. The number of nitrogens with zero attached hydrogens (tertiary/aromatic N) is 1. The molecule has 0 spiro atoms. The molecule has 0 radical (unpaired) electrons. The van der Waals surface area contributed by atoms with Gasteiger partial charge < -0.3 is 4.74 Å². The third-order valence-electron chi connectivity index (χ3n) is 3.99.